The van der Waals surface area contributed by atoms with Gasteiger partial charge in [-0.05, 0) is 41.8 Å². The van der Waals surface area contributed by atoms with Crippen molar-refractivity contribution < 1.29 is 19.1 Å². The van der Waals surface area contributed by atoms with Crippen LogP contribution in [0.15, 0.2) is 10.7 Å². The van der Waals surface area contributed by atoms with Crippen LogP contribution in [0, 0.1) is 6.92 Å². The minimum Gasteiger partial charge on any atom is -0.462 e. The molecule has 0 atom stereocenters. The molecule has 0 bridgehead atoms. The number of rotatable bonds is 7. The van der Waals surface area contributed by atoms with Gasteiger partial charge in [0.1, 0.15) is 5.00 Å². The molecule has 0 unspecified atom stereocenters. The fraction of sp³-hybridized carbons (Fsp3) is 0.444. The smallest absolute Gasteiger partial charge is 0.341 e. The van der Waals surface area contributed by atoms with Crippen molar-refractivity contribution in [2.45, 2.75) is 33.7 Å². The van der Waals surface area contributed by atoms with Crippen LogP contribution in [-0.4, -0.2) is 53.2 Å². The van der Waals surface area contributed by atoms with Crippen LogP contribution in [0.25, 0.3) is 0 Å². The monoisotopic (exact) mass is 470 g/mol. The van der Waals surface area contributed by atoms with Crippen LogP contribution >= 0.6 is 27.3 Å². The summed E-state index contributed by atoms with van der Waals surface area (Å²) in [5.41, 5.74) is 0.877. The number of esters is 1. The van der Waals surface area contributed by atoms with Gasteiger partial charge in [0.2, 0.25) is 0 Å². The predicted molar refractivity (Wildman–Crippen MR) is 111 cm³/mol. The number of amides is 2. The second kappa shape index (κ2) is 9.33. The number of anilines is 1. The molecule has 0 aromatic carbocycles. The van der Waals surface area contributed by atoms with Crippen molar-refractivity contribution in [3.63, 3.8) is 0 Å². The van der Waals surface area contributed by atoms with E-state index in [1.165, 1.54) is 4.90 Å². The van der Waals surface area contributed by atoms with Gasteiger partial charge in [-0.15, -0.1) is 11.3 Å². The molecule has 2 aromatic heterocycles. The van der Waals surface area contributed by atoms with Crippen molar-refractivity contribution in [1.82, 2.24) is 14.7 Å². The first-order valence-electron chi connectivity index (χ1n) is 8.77. The molecule has 2 amide bonds. The molecule has 0 aliphatic rings. The summed E-state index contributed by atoms with van der Waals surface area (Å²) < 4.78 is 7.41. The third-order valence-corrected chi connectivity index (χ3v) is 5.65. The molecule has 10 heteroatoms. The van der Waals surface area contributed by atoms with Crippen molar-refractivity contribution in [3.05, 3.63) is 32.4 Å². The number of aryl methyl sites for hydroxylation is 1. The van der Waals surface area contributed by atoms with Crippen LogP contribution in [0.4, 0.5) is 5.00 Å². The molecule has 28 heavy (non-hydrogen) atoms. The van der Waals surface area contributed by atoms with Crippen LogP contribution in [-0.2, 0) is 11.3 Å². The average molecular weight is 471 g/mol. The summed E-state index contributed by atoms with van der Waals surface area (Å²) >= 11 is 4.37. The Morgan fingerprint density at radius 1 is 1.32 bits per heavy atom. The Balaban J connectivity index is 2.44. The summed E-state index contributed by atoms with van der Waals surface area (Å²) in [5, 5.41) is 7.20. The van der Waals surface area contributed by atoms with E-state index in [-0.39, 0.29) is 28.8 Å². The van der Waals surface area contributed by atoms with Crippen LogP contribution in [0.1, 0.15) is 56.3 Å². The van der Waals surface area contributed by atoms with Crippen LogP contribution in [0.5, 0.6) is 0 Å². The molecule has 2 heterocycles. The molecule has 0 spiro atoms. The molecule has 0 aliphatic heterocycles. The Morgan fingerprint density at radius 3 is 2.54 bits per heavy atom. The highest BCUT2D eigenvalue weighted by Gasteiger charge is 2.28. The number of hydrogen-bond donors (Lipinski definition) is 1. The summed E-state index contributed by atoms with van der Waals surface area (Å²) in [6, 6.07) is 0. The van der Waals surface area contributed by atoms with Crippen molar-refractivity contribution in [3.8, 4) is 0 Å². The zero-order chi connectivity index (χ0) is 21.0. The normalized spacial score (nSPS) is 10.6. The molecule has 2 aromatic rings. The predicted octanol–water partition coefficient (Wildman–Crippen LogP) is 3.56. The quantitative estimate of drug-likeness (QED) is 0.624. The summed E-state index contributed by atoms with van der Waals surface area (Å²) in [5.74, 6) is -1.29. The van der Waals surface area contributed by atoms with Gasteiger partial charge in [0.05, 0.1) is 21.5 Å². The molecule has 1 N–H and O–H groups in total. The van der Waals surface area contributed by atoms with Gasteiger partial charge in [0.15, 0.2) is 5.69 Å². The fourth-order valence-corrected chi connectivity index (χ4v) is 4.10. The van der Waals surface area contributed by atoms with Gasteiger partial charge >= 0.3 is 5.97 Å². The topological polar surface area (TPSA) is 93.5 Å². The lowest BCUT2D eigenvalue weighted by molar-refractivity contribution is 0.0506. The van der Waals surface area contributed by atoms with E-state index in [4.69, 9.17) is 4.74 Å². The zero-order valence-corrected chi connectivity index (χ0v) is 18.9. The summed E-state index contributed by atoms with van der Waals surface area (Å²) in [6.07, 6.45) is 2.37. The number of thiophene rings is 1. The molecule has 2 rings (SSSR count). The molecule has 152 valence electrons. The molecular weight excluding hydrogens is 448 g/mol. The largest absolute Gasteiger partial charge is 0.462 e. The van der Waals surface area contributed by atoms with Crippen molar-refractivity contribution in [1.29, 1.82) is 0 Å². The summed E-state index contributed by atoms with van der Waals surface area (Å²) in [7, 11) is 3.26. The lowest BCUT2D eigenvalue weighted by atomic mass is 10.1. The van der Waals surface area contributed by atoms with Crippen molar-refractivity contribution in [2.75, 3.05) is 26.0 Å². The second-order valence-electron chi connectivity index (χ2n) is 6.23. The number of ether oxygens (including phenoxy) is 1. The molecule has 0 saturated heterocycles. The first-order valence-corrected chi connectivity index (χ1v) is 10.4. The molecule has 0 aliphatic carbocycles. The standard InChI is InChI=1S/C18H23BrN4O4S/c1-6-8-27-18(26)12-10(3)14(17(25)22(4)5)28-16(12)20-15(24)13-11(19)9-23(7-2)21-13/h9H,6-8H2,1-5H3,(H,20,24). The Bertz CT molecular complexity index is 904. The van der Waals surface area contributed by atoms with Crippen LogP contribution in [0.3, 0.4) is 0 Å². The number of nitrogens with zero attached hydrogens (tertiary/aromatic N) is 3. The first-order chi connectivity index (χ1) is 13.2. The fourth-order valence-electron chi connectivity index (χ4n) is 2.40. The number of carbonyl (C=O) groups is 3. The first kappa shape index (κ1) is 22.1. The van der Waals surface area contributed by atoms with Gasteiger partial charge < -0.3 is 15.0 Å². The highest BCUT2D eigenvalue weighted by Crippen LogP contribution is 2.35. The van der Waals surface area contributed by atoms with E-state index in [0.717, 1.165) is 11.3 Å². The van der Waals surface area contributed by atoms with Crippen molar-refractivity contribution in [2.24, 2.45) is 0 Å². The maximum Gasteiger partial charge on any atom is 0.341 e. The van der Waals surface area contributed by atoms with E-state index < -0.39 is 11.9 Å². The maximum absolute atomic E-state index is 12.7. The number of hydrogen-bond acceptors (Lipinski definition) is 6. The number of carbonyl (C=O) groups excluding carboxylic acids is 3. The molecular formula is C18H23BrN4O4S. The SMILES string of the molecule is CCCOC(=O)c1c(NC(=O)c2nn(CC)cc2Br)sc(C(=O)N(C)C)c1C. The third kappa shape index (κ3) is 4.61. The van der Waals surface area contributed by atoms with E-state index in [2.05, 4.69) is 26.3 Å². The van der Waals surface area contributed by atoms with Gasteiger partial charge in [-0.1, -0.05) is 6.92 Å². The van der Waals surface area contributed by atoms with E-state index in [9.17, 15) is 14.4 Å². The number of nitrogens with one attached hydrogen (secondary N) is 1. The Morgan fingerprint density at radius 2 is 2.00 bits per heavy atom. The van der Waals surface area contributed by atoms with Gasteiger partial charge in [-0.3, -0.25) is 14.3 Å². The van der Waals surface area contributed by atoms with Crippen LogP contribution in [0.2, 0.25) is 0 Å². The highest BCUT2D eigenvalue weighted by atomic mass is 79.9. The maximum atomic E-state index is 12.7. The zero-order valence-electron chi connectivity index (χ0n) is 16.5. The summed E-state index contributed by atoms with van der Waals surface area (Å²) in [6.45, 7) is 6.34. The number of aromatic nitrogens is 2. The number of halogens is 1. The van der Waals surface area contributed by atoms with Crippen LogP contribution < -0.4 is 5.32 Å². The Labute approximate surface area is 176 Å². The lowest BCUT2D eigenvalue weighted by Crippen LogP contribution is -2.21. The van der Waals surface area contributed by atoms with Gasteiger partial charge in [-0.25, -0.2) is 4.79 Å². The molecule has 0 fully saturated rings. The third-order valence-electron chi connectivity index (χ3n) is 3.87. The van der Waals surface area contributed by atoms with Gasteiger partial charge in [-0.2, -0.15) is 5.10 Å². The summed E-state index contributed by atoms with van der Waals surface area (Å²) in [4.78, 5) is 39.6. The molecule has 0 radical (unpaired) electrons. The minimum atomic E-state index is -0.568. The second-order valence-corrected chi connectivity index (χ2v) is 8.11. The minimum absolute atomic E-state index is 0.196. The van der Waals surface area contributed by atoms with E-state index in [1.807, 2.05) is 13.8 Å². The highest BCUT2D eigenvalue weighted by molar-refractivity contribution is 9.10. The lowest BCUT2D eigenvalue weighted by Gasteiger charge is -2.09. The van der Waals surface area contributed by atoms with E-state index >= 15 is 0 Å². The molecule has 8 nitrogen and oxygen atoms in total. The van der Waals surface area contributed by atoms with Crippen molar-refractivity contribution >= 4 is 50.1 Å². The van der Waals surface area contributed by atoms with E-state index in [1.54, 1.807) is 31.9 Å². The average Bonchev–Trinajstić information content (AvgIpc) is 3.18. The van der Waals surface area contributed by atoms with E-state index in [0.29, 0.717) is 27.9 Å². The van der Waals surface area contributed by atoms with Gasteiger partial charge in [0, 0.05) is 26.8 Å². The van der Waals surface area contributed by atoms with Gasteiger partial charge in [0.25, 0.3) is 11.8 Å². The Hall–Kier alpha value is -2.20. The Kier molecular flexibility index (Phi) is 7.36. The molecule has 0 saturated carbocycles.